The number of aromatic nitrogens is 2. The van der Waals surface area contributed by atoms with Gasteiger partial charge < -0.3 is 14.8 Å². The lowest BCUT2D eigenvalue weighted by Gasteiger charge is -2.03. The molecule has 0 amide bonds. The number of ether oxygens (including phenoxy) is 2. The summed E-state index contributed by atoms with van der Waals surface area (Å²) in [7, 11) is 5.23. The van der Waals surface area contributed by atoms with E-state index in [0.717, 1.165) is 31.7 Å². The molecule has 0 aliphatic rings. The van der Waals surface area contributed by atoms with Crippen LogP contribution in [0.4, 0.5) is 0 Å². The van der Waals surface area contributed by atoms with Crippen molar-refractivity contribution in [2.24, 2.45) is 7.05 Å². The van der Waals surface area contributed by atoms with Crippen LogP contribution in [0.2, 0.25) is 0 Å². The maximum Gasteiger partial charge on any atom is 0.237 e. The molecule has 5 heteroatoms. The summed E-state index contributed by atoms with van der Waals surface area (Å²) >= 11 is 0. The fraction of sp³-hybridized carbons (Fsp3) is 0.700. The Morgan fingerprint density at radius 1 is 1.47 bits per heavy atom. The van der Waals surface area contributed by atoms with Crippen LogP contribution in [0.25, 0.3) is 0 Å². The third kappa shape index (κ3) is 3.89. The van der Waals surface area contributed by atoms with Gasteiger partial charge in [0, 0.05) is 39.1 Å². The van der Waals surface area contributed by atoms with E-state index in [1.165, 1.54) is 0 Å². The Labute approximate surface area is 90.4 Å². The van der Waals surface area contributed by atoms with E-state index in [1.807, 2.05) is 13.2 Å². The van der Waals surface area contributed by atoms with Gasteiger partial charge in [0.05, 0.1) is 7.11 Å². The summed E-state index contributed by atoms with van der Waals surface area (Å²) < 4.78 is 11.9. The van der Waals surface area contributed by atoms with Gasteiger partial charge in [-0.1, -0.05) is 0 Å². The highest BCUT2D eigenvalue weighted by Crippen LogP contribution is 2.13. The first-order valence-electron chi connectivity index (χ1n) is 5.04. The average Bonchev–Trinajstić information content (AvgIpc) is 2.59. The minimum atomic E-state index is 0.691. The average molecular weight is 213 g/mol. The molecule has 1 heterocycles. The lowest BCUT2D eigenvalue weighted by atomic mass is 10.3. The smallest absolute Gasteiger partial charge is 0.237 e. The van der Waals surface area contributed by atoms with Crippen LogP contribution in [0.1, 0.15) is 12.0 Å². The Morgan fingerprint density at radius 3 is 2.93 bits per heavy atom. The molecule has 0 saturated heterocycles. The molecule has 0 aromatic carbocycles. The molecule has 1 rings (SSSR count). The standard InChI is InChI=1S/C10H19N3O2/c1-13-8-9(10(12-13)15-3)7-11-5-4-6-14-2/h8,11H,4-7H2,1-3H3. The number of hydrogen-bond donors (Lipinski definition) is 1. The fourth-order valence-electron chi connectivity index (χ4n) is 1.37. The van der Waals surface area contributed by atoms with Crippen LogP contribution in [-0.4, -0.2) is 37.2 Å². The van der Waals surface area contributed by atoms with E-state index in [0.29, 0.717) is 5.88 Å². The third-order valence-corrected chi connectivity index (χ3v) is 2.08. The van der Waals surface area contributed by atoms with Gasteiger partial charge in [0.15, 0.2) is 0 Å². The summed E-state index contributed by atoms with van der Waals surface area (Å²) in [5.74, 6) is 0.691. The van der Waals surface area contributed by atoms with Gasteiger partial charge in [0.2, 0.25) is 5.88 Å². The summed E-state index contributed by atoms with van der Waals surface area (Å²) in [4.78, 5) is 0. The molecule has 0 saturated carbocycles. The minimum Gasteiger partial charge on any atom is -0.480 e. The molecular formula is C10H19N3O2. The van der Waals surface area contributed by atoms with Crippen LogP contribution < -0.4 is 10.1 Å². The molecule has 0 aliphatic carbocycles. The summed E-state index contributed by atoms with van der Waals surface area (Å²) in [6.07, 6.45) is 2.97. The third-order valence-electron chi connectivity index (χ3n) is 2.08. The van der Waals surface area contributed by atoms with Crippen LogP contribution in [-0.2, 0) is 18.3 Å². The predicted octanol–water partition coefficient (Wildman–Crippen LogP) is 0.555. The lowest BCUT2D eigenvalue weighted by molar-refractivity contribution is 0.194. The Morgan fingerprint density at radius 2 is 2.27 bits per heavy atom. The van der Waals surface area contributed by atoms with Gasteiger partial charge in [0.25, 0.3) is 0 Å². The highest BCUT2D eigenvalue weighted by molar-refractivity contribution is 5.22. The number of nitrogens with one attached hydrogen (secondary N) is 1. The van der Waals surface area contributed by atoms with Crippen molar-refractivity contribution in [3.63, 3.8) is 0 Å². The van der Waals surface area contributed by atoms with Crippen molar-refractivity contribution in [2.75, 3.05) is 27.4 Å². The van der Waals surface area contributed by atoms with Crippen LogP contribution in [0.3, 0.4) is 0 Å². The first kappa shape index (κ1) is 12.0. The van der Waals surface area contributed by atoms with Gasteiger partial charge in [-0.3, -0.25) is 4.68 Å². The predicted molar refractivity (Wildman–Crippen MR) is 58.0 cm³/mol. The Kier molecular flexibility index (Phi) is 5.14. The quantitative estimate of drug-likeness (QED) is 0.672. The maximum atomic E-state index is 5.15. The van der Waals surface area contributed by atoms with Gasteiger partial charge in [-0.2, -0.15) is 0 Å². The van der Waals surface area contributed by atoms with Crippen molar-refractivity contribution in [1.29, 1.82) is 0 Å². The molecule has 0 radical (unpaired) electrons. The van der Waals surface area contributed by atoms with E-state index in [1.54, 1.807) is 18.9 Å². The fourth-order valence-corrected chi connectivity index (χ4v) is 1.37. The Balaban J connectivity index is 2.30. The molecule has 0 atom stereocenters. The van der Waals surface area contributed by atoms with Crippen molar-refractivity contribution in [2.45, 2.75) is 13.0 Å². The number of nitrogens with zero attached hydrogens (tertiary/aromatic N) is 2. The summed E-state index contributed by atoms with van der Waals surface area (Å²) in [5, 5.41) is 7.49. The van der Waals surface area contributed by atoms with E-state index < -0.39 is 0 Å². The van der Waals surface area contributed by atoms with Crippen LogP contribution in [0.15, 0.2) is 6.20 Å². The second-order valence-corrected chi connectivity index (χ2v) is 3.36. The van der Waals surface area contributed by atoms with Gasteiger partial charge in [-0.25, -0.2) is 0 Å². The van der Waals surface area contributed by atoms with Gasteiger partial charge in [-0.15, -0.1) is 5.10 Å². The first-order chi connectivity index (χ1) is 7.27. The van der Waals surface area contributed by atoms with Crippen molar-refractivity contribution in [3.8, 4) is 5.88 Å². The normalized spacial score (nSPS) is 10.6. The summed E-state index contributed by atoms with van der Waals surface area (Å²) in [5.41, 5.74) is 1.08. The van der Waals surface area contributed by atoms with Crippen LogP contribution >= 0.6 is 0 Å². The molecule has 0 fully saturated rings. The second-order valence-electron chi connectivity index (χ2n) is 3.36. The van der Waals surface area contributed by atoms with Gasteiger partial charge in [-0.05, 0) is 13.0 Å². The topological polar surface area (TPSA) is 48.3 Å². The zero-order chi connectivity index (χ0) is 11.1. The molecule has 1 aromatic heterocycles. The molecule has 0 bridgehead atoms. The maximum absolute atomic E-state index is 5.15. The lowest BCUT2D eigenvalue weighted by Crippen LogP contribution is -2.16. The van der Waals surface area contributed by atoms with Crippen LogP contribution in [0.5, 0.6) is 5.88 Å². The molecule has 1 aromatic rings. The number of methoxy groups -OCH3 is 2. The van der Waals surface area contributed by atoms with E-state index in [4.69, 9.17) is 9.47 Å². The zero-order valence-electron chi connectivity index (χ0n) is 9.62. The molecule has 1 N–H and O–H groups in total. The molecule has 0 spiro atoms. The van der Waals surface area contributed by atoms with Crippen LogP contribution in [0, 0.1) is 0 Å². The minimum absolute atomic E-state index is 0.691. The van der Waals surface area contributed by atoms with Crippen molar-refractivity contribution >= 4 is 0 Å². The van der Waals surface area contributed by atoms with E-state index in [-0.39, 0.29) is 0 Å². The summed E-state index contributed by atoms with van der Waals surface area (Å²) in [6, 6.07) is 0. The van der Waals surface area contributed by atoms with E-state index >= 15 is 0 Å². The van der Waals surface area contributed by atoms with E-state index in [9.17, 15) is 0 Å². The second kappa shape index (κ2) is 6.42. The molecule has 0 aliphatic heterocycles. The molecular weight excluding hydrogens is 194 g/mol. The van der Waals surface area contributed by atoms with Crippen molar-refractivity contribution < 1.29 is 9.47 Å². The molecule has 0 unspecified atom stereocenters. The first-order valence-corrected chi connectivity index (χ1v) is 5.04. The molecule has 15 heavy (non-hydrogen) atoms. The number of aryl methyl sites for hydroxylation is 1. The highest BCUT2D eigenvalue weighted by atomic mass is 16.5. The monoisotopic (exact) mass is 213 g/mol. The number of rotatable bonds is 7. The molecule has 5 nitrogen and oxygen atoms in total. The van der Waals surface area contributed by atoms with Gasteiger partial charge >= 0.3 is 0 Å². The Bertz CT molecular complexity index is 286. The molecule has 86 valence electrons. The summed E-state index contributed by atoms with van der Waals surface area (Å²) in [6.45, 7) is 2.50. The van der Waals surface area contributed by atoms with E-state index in [2.05, 4.69) is 10.4 Å². The Hall–Kier alpha value is -1.07. The SMILES string of the molecule is COCCCNCc1cn(C)nc1OC. The highest BCUT2D eigenvalue weighted by Gasteiger charge is 2.06. The largest absolute Gasteiger partial charge is 0.480 e. The zero-order valence-corrected chi connectivity index (χ0v) is 9.62. The van der Waals surface area contributed by atoms with Crippen molar-refractivity contribution in [1.82, 2.24) is 15.1 Å². The van der Waals surface area contributed by atoms with Crippen molar-refractivity contribution in [3.05, 3.63) is 11.8 Å². The number of hydrogen-bond acceptors (Lipinski definition) is 4. The van der Waals surface area contributed by atoms with Gasteiger partial charge in [0.1, 0.15) is 0 Å².